The second kappa shape index (κ2) is 8.22. The first kappa shape index (κ1) is 20.8. The van der Waals surface area contributed by atoms with Gasteiger partial charge in [-0.1, -0.05) is 13.8 Å². The lowest BCUT2D eigenvalue weighted by molar-refractivity contribution is -0.121. The maximum atomic E-state index is 12.7. The summed E-state index contributed by atoms with van der Waals surface area (Å²) in [6, 6.07) is -0.0424. The van der Waals surface area contributed by atoms with Crippen LogP contribution in [0, 0.1) is 18.8 Å². The molecule has 1 fully saturated rings. The van der Waals surface area contributed by atoms with E-state index in [-0.39, 0.29) is 35.1 Å². The van der Waals surface area contributed by atoms with Crippen LogP contribution >= 0.6 is 0 Å². The summed E-state index contributed by atoms with van der Waals surface area (Å²) in [6.07, 6.45) is 1.80. The zero-order chi connectivity index (χ0) is 21.3. The largest absolute Gasteiger partial charge is 0.331 e. The van der Waals surface area contributed by atoms with Gasteiger partial charge in [0.15, 0.2) is 0 Å². The maximum Gasteiger partial charge on any atom is 0.319 e. The minimum absolute atomic E-state index is 0.0424. The molecular weight excluding hydrogens is 374 g/mol. The summed E-state index contributed by atoms with van der Waals surface area (Å²) in [5.74, 6) is 0.383. The Kier molecular flexibility index (Phi) is 5.90. The van der Waals surface area contributed by atoms with E-state index in [4.69, 9.17) is 0 Å². The van der Waals surface area contributed by atoms with Crippen molar-refractivity contribution >= 4 is 23.7 Å². The molecule has 2 aromatic rings. The standard InChI is InChI=1S/C19H29N7O3/c1-11(2)10-14-12(3)20-18-22-17(23-26(18)16(14)28)21-15(27)13-6-8-25(9-7-13)19(29)24(4)5/h11,13H,6-10H2,1-5H3,(H2,20,21,22,23,27). The highest BCUT2D eigenvalue weighted by Crippen LogP contribution is 2.19. The van der Waals surface area contributed by atoms with Gasteiger partial charge in [-0.05, 0) is 32.1 Å². The van der Waals surface area contributed by atoms with Crippen LogP contribution in [0.1, 0.15) is 37.9 Å². The zero-order valence-corrected chi connectivity index (χ0v) is 17.7. The summed E-state index contributed by atoms with van der Waals surface area (Å²) in [7, 11) is 3.43. The van der Waals surface area contributed by atoms with E-state index in [1.165, 1.54) is 9.42 Å². The number of aryl methyl sites for hydroxylation is 1. The van der Waals surface area contributed by atoms with E-state index in [2.05, 4.69) is 20.4 Å². The molecule has 0 aliphatic carbocycles. The summed E-state index contributed by atoms with van der Waals surface area (Å²) in [4.78, 5) is 49.3. The van der Waals surface area contributed by atoms with Crippen LogP contribution in [-0.2, 0) is 11.2 Å². The molecule has 2 N–H and O–H groups in total. The third-order valence-corrected chi connectivity index (χ3v) is 5.17. The van der Waals surface area contributed by atoms with Gasteiger partial charge in [0.1, 0.15) is 0 Å². The van der Waals surface area contributed by atoms with Crippen molar-refractivity contribution in [2.45, 2.75) is 40.0 Å². The topological polar surface area (TPSA) is 116 Å². The van der Waals surface area contributed by atoms with Crippen molar-refractivity contribution in [1.29, 1.82) is 0 Å². The number of rotatable bonds is 4. The Balaban J connectivity index is 1.71. The van der Waals surface area contributed by atoms with Crippen molar-refractivity contribution in [2.24, 2.45) is 11.8 Å². The van der Waals surface area contributed by atoms with Gasteiger partial charge in [0.25, 0.3) is 11.3 Å². The molecule has 10 nitrogen and oxygen atoms in total. The molecule has 29 heavy (non-hydrogen) atoms. The SMILES string of the molecule is Cc1nc2nc(NC(=O)C3CCN(C(=O)N(C)C)CC3)[nH]n2c(=O)c1CC(C)C. The van der Waals surface area contributed by atoms with Gasteiger partial charge in [0.05, 0.1) is 5.69 Å². The first-order valence-electron chi connectivity index (χ1n) is 9.92. The van der Waals surface area contributed by atoms with E-state index in [1.807, 2.05) is 13.8 Å². The van der Waals surface area contributed by atoms with Gasteiger partial charge in [-0.2, -0.15) is 9.50 Å². The molecule has 1 aliphatic heterocycles. The van der Waals surface area contributed by atoms with Gasteiger partial charge in [-0.25, -0.2) is 9.78 Å². The fraction of sp³-hybridized carbons (Fsp3) is 0.632. The summed E-state index contributed by atoms with van der Waals surface area (Å²) in [6.45, 7) is 6.96. The van der Waals surface area contributed by atoms with Crippen LogP contribution < -0.4 is 10.9 Å². The number of hydrogen-bond acceptors (Lipinski definition) is 5. The van der Waals surface area contributed by atoms with E-state index < -0.39 is 0 Å². The molecule has 0 spiro atoms. The van der Waals surface area contributed by atoms with Crippen molar-refractivity contribution < 1.29 is 9.59 Å². The third kappa shape index (κ3) is 4.41. The number of amides is 3. The van der Waals surface area contributed by atoms with Gasteiger partial charge < -0.3 is 9.80 Å². The quantitative estimate of drug-likeness (QED) is 0.797. The summed E-state index contributed by atoms with van der Waals surface area (Å²) >= 11 is 0. The second-order valence-corrected chi connectivity index (χ2v) is 8.21. The van der Waals surface area contributed by atoms with Gasteiger partial charge in [0.2, 0.25) is 11.9 Å². The molecule has 0 atom stereocenters. The predicted molar refractivity (Wildman–Crippen MR) is 109 cm³/mol. The van der Waals surface area contributed by atoms with Crippen molar-refractivity contribution in [2.75, 3.05) is 32.5 Å². The number of anilines is 1. The number of carbonyl (C=O) groups is 2. The van der Waals surface area contributed by atoms with E-state index in [1.54, 1.807) is 25.9 Å². The number of nitrogens with one attached hydrogen (secondary N) is 2. The van der Waals surface area contributed by atoms with E-state index in [0.717, 1.165) is 0 Å². The number of likely N-dealkylation sites (tertiary alicyclic amines) is 1. The normalized spacial score (nSPS) is 15.2. The average Bonchev–Trinajstić information content (AvgIpc) is 3.06. The Hall–Kier alpha value is -2.91. The molecule has 0 bridgehead atoms. The molecule has 0 unspecified atom stereocenters. The summed E-state index contributed by atoms with van der Waals surface area (Å²) < 4.78 is 1.28. The average molecular weight is 403 g/mol. The molecule has 1 saturated heterocycles. The van der Waals surface area contributed by atoms with Crippen LogP contribution in [0.2, 0.25) is 0 Å². The Morgan fingerprint density at radius 2 is 1.90 bits per heavy atom. The number of aromatic nitrogens is 4. The number of hydrogen-bond donors (Lipinski definition) is 2. The Morgan fingerprint density at radius 1 is 1.24 bits per heavy atom. The monoisotopic (exact) mass is 403 g/mol. The van der Waals surface area contributed by atoms with Gasteiger partial charge in [-0.3, -0.25) is 20.0 Å². The van der Waals surface area contributed by atoms with Crippen LogP contribution in [-0.4, -0.2) is 68.5 Å². The lowest BCUT2D eigenvalue weighted by atomic mass is 9.96. The van der Waals surface area contributed by atoms with Gasteiger partial charge in [0, 0.05) is 38.7 Å². The molecule has 0 saturated carbocycles. The fourth-order valence-electron chi connectivity index (χ4n) is 3.59. The molecule has 3 amide bonds. The van der Waals surface area contributed by atoms with Crippen LogP contribution in [0.25, 0.3) is 5.78 Å². The van der Waals surface area contributed by atoms with Gasteiger partial charge >= 0.3 is 6.03 Å². The van der Waals surface area contributed by atoms with Crippen LogP contribution in [0.15, 0.2) is 4.79 Å². The summed E-state index contributed by atoms with van der Waals surface area (Å²) in [5, 5.41) is 5.60. The fourth-order valence-corrected chi connectivity index (χ4v) is 3.59. The Bertz CT molecular complexity index is 968. The Labute approximate surface area is 169 Å². The molecule has 3 rings (SSSR count). The number of urea groups is 1. The zero-order valence-electron chi connectivity index (χ0n) is 17.7. The van der Waals surface area contributed by atoms with Crippen molar-refractivity contribution in [3.63, 3.8) is 0 Å². The molecule has 3 heterocycles. The number of H-pyrrole nitrogens is 1. The van der Waals surface area contributed by atoms with E-state index in [0.29, 0.717) is 49.5 Å². The number of fused-ring (bicyclic) bond motifs is 1. The Morgan fingerprint density at radius 3 is 2.48 bits per heavy atom. The van der Waals surface area contributed by atoms with Crippen molar-refractivity contribution in [3.8, 4) is 0 Å². The predicted octanol–water partition coefficient (Wildman–Crippen LogP) is 1.26. The van der Waals surface area contributed by atoms with E-state index >= 15 is 0 Å². The highest BCUT2D eigenvalue weighted by molar-refractivity contribution is 5.91. The van der Waals surface area contributed by atoms with Crippen LogP contribution in [0.5, 0.6) is 0 Å². The number of carbonyl (C=O) groups excluding carboxylic acids is 2. The summed E-state index contributed by atoms with van der Waals surface area (Å²) in [5.41, 5.74) is 1.12. The van der Waals surface area contributed by atoms with E-state index in [9.17, 15) is 14.4 Å². The molecule has 1 aliphatic rings. The smallest absolute Gasteiger partial charge is 0.319 e. The van der Waals surface area contributed by atoms with Crippen LogP contribution in [0.4, 0.5) is 10.7 Å². The lowest BCUT2D eigenvalue weighted by Gasteiger charge is -2.32. The van der Waals surface area contributed by atoms with Crippen LogP contribution in [0.3, 0.4) is 0 Å². The minimum Gasteiger partial charge on any atom is -0.331 e. The first-order chi connectivity index (χ1) is 13.7. The highest BCUT2D eigenvalue weighted by atomic mass is 16.2. The number of aromatic amines is 1. The second-order valence-electron chi connectivity index (χ2n) is 8.21. The number of nitrogens with zero attached hydrogens (tertiary/aromatic N) is 5. The number of piperidine rings is 1. The minimum atomic E-state index is -0.211. The lowest BCUT2D eigenvalue weighted by Crippen LogP contribution is -2.45. The highest BCUT2D eigenvalue weighted by Gasteiger charge is 2.28. The molecule has 0 radical (unpaired) electrons. The molecular formula is C19H29N7O3. The first-order valence-corrected chi connectivity index (χ1v) is 9.92. The third-order valence-electron chi connectivity index (χ3n) is 5.17. The van der Waals surface area contributed by atoms with Crippen molar-refractivity contribution in [1.82, 2.24) is 29.4 Å². The van der Waals surface area contributed by atoms with Crippen molar-refractivity contribution in [3.05, 3.63) is 21.6 Å². The van der Waals surface area contributed by atoms with Gasteiger partial charge in [-0.15, -0.1) is 0 Å². The molecule has 158 valence electrons. The maximum absolute atomic E-state index is 12.7. The molecule has 0 aromatic carbocycles. The molecule has 2 aromatic heterocycles. The molecule has 10 heteroatoms.